The first-order valence-corrected chi connectivity index (χ1v) is 16.0. The third-order valence-corrected chi connectivity index (χ3v) is 8.46. The first-order valence-electron chi connectivity index (χ1n) is 16.0. The van der Waals surface area contributed by atoms with E-state index in [-0.39, 0.29) is 55.0 Å². The SMILES string of the molecule is CC(C)CC(NC(=O)OCc1ccccc1)C(=O)N1CC(=O)C2C1CCN2C(=O)C(CC(C)C)NC(=O)c1ccc(N(C)C)cc1. The van der Waals surface area contributed by atoms with Crippen molar-refractivity contribution in [2.24, 2.45) is 11.8 Å². The van der Waals surface area contributed by atoms with E-state index in [4.69, 9.17) is 4.74 Å². The Labute approximate surface area is 271 Å². The van der Waals surface area contributed by atoms with Crippen LogP contribution < -0.4 is 15.5 Å². The summed E-state index contributed by atoms with van der Waals surface area (Å²) in [4.78, 5) is 72.0. The van der Waals surface area contributed by atoms with Gasteiger partial charge in [-0.25, -0.2) is 4.79 Å². The molecule has 46 heavy (non-hydrogen) atoms. The van der Waals surface area contributed by atoms with Crippen molar-refractivity contribution in [2.75, 3.05) is 32.1 Å². The first-order chi connectivity index (χ1) is 21.8. The van der Waals surface area contributed by atoms with E-state index in [9.17, 15) is 24.0 Å². The van der Waals surface area contributed by atoms with E-state index in [1.54, 1.807) is 12.1 Å². The summed E-state index contributed by atoms with van der Waals surface area (Å²) < 4.78 is 5.37. The van der Waals surface area contributed by atoms with Gasteiger partial charge in [0, 0.05) is 31.9 Å². The number of benzene rings is 2. The third kappa shape index (κ3) is 8.44. The summed E-state index contributed by atoms with van der Waals surface area (Å²) >= 11 is 0. The van der Waals surface area contributed by atoms with Gasteiger partial charge >= 0.3 is 6.09 Å². The van der Waals surface area contributed by atoms with E-state index in [0.717, 1.165) is 11.3 Å². The second kappa shape index (κ2) is 15.2. The molecule has 0 aromatic heterocycles. The lowest BCUT2D eigenvalue weighted by molar-refractivity contribution is -0.138. The number of Topliss-reactive ketones (excluding diaryl/α,β-unsaturated/α-hetero) is 1. The zero-order valence-corrected chi connectivity index (χ0v) is 27.7. The molecule has 2 N–H and O–H groups in total. The van der Waals surface area contributed by atoms with Crippen molar-refractivity contribution < 1.29 is 28.7 Å². The molecule has 11 heteroatoms. The Kier molecular flexibility index (Phi) is 11.4. The highest BCUT2D eigenvalue weighted by Crippen LogP contribution is 2.32. The van der Waals surface area contributed by atoms with E-state index < -0.39 is 30.3 Å². The van der Waals surface area contributed by atoms with Gasteiger partial charge in [-0.05, 0) is 60.9 Å². The first kappa shape index (κ1) is 34.5. The van der Waals surface area contributed by atoms with Crippen molar-refractivity contribution in [3.05, 3.63) is 65.7 Å². The molecule has 2 saturated heterocycles. The Balaban J connectivity index is 1.44. The van der Waals surface area contributed by atoms with Crippen molar-refractivity contribution in [1.29, 1.82) is 0 Å². The molecule has 2 aliphatic heterocycles. The Bertz CT molecular complexity index is 1390. The fourth-order valence-corrected chi connectivity index (χ4v) is 6.20. The molecule has 0 bridgehead atoms. The molecule has 2 aromatic carbocycles. The van der Waals surface area contributed by atoms with Gasteiger partial charge in [0.1, 0.15) is 24.7 Å². The van der Waals surface area contributed by atoms with Gasteiger partial charge in [-0.2, -0.15) is 0 Å². The van der Waals surface area contributed by atoms with Gasteiger partial charge in [0.15, 0.2) is 5.78 Å². The maximum Gasteiger partial charge on any atom is 0.408 e. The van der Waals surface area contributed by atoms with Crippen LogP contribution in [0.4, 0.5) is 10.5 Å². The van der Waals surface area contributed by atoms with Crippen molar-refractivity contribution in [2.45, 2.75) is 77.7 Å². The zero-order valence-electron chi connectivity index (χ0n) is 27.7. The van der Waals surface area contributed by atoms with Gasteiger partial charge in [-0.3, -0.25) is 19.2 Å². The highest BCUT2D eigenvalue weighted by atomic mass is 16.5. The van der Waals surface area contributed by atoms with Crippen LogP contribution in [0.25, 0.3) is 0 Å². The van der Waals surface area contributed by atoms with Gasteiger partial charge in [0.05, 0.1) is 12.6 Å². The van der Waals surface area contributed by atoms with E-state index in [0.29, 0.717) is 24.8 Å². The minimum absolute atomic E-state index is 0.0642. The van der Waals surface area contributed by atoms with Gasteiger partial charge < -0.3 is 30.1 Å². The molecule has 2 aromatic rings. The van der Waals surface area contributed by atoms with E-state index >= 15 is 0 Å². The lowest BCUT2D eigenvalue weighted by Crippen LogP contribution is -2.53. The van der Waals surface area contributed by atoms with Gasteiger partial charge in [-0.1, -0.05) is 58.0 Å². The van der Waals surface area contributed by atoms with Crippen LogP contribution in [0.15, 0.2) is 54.6 Å². The summed E-state index contributed by atoms with van der Waals surface area (Å²) in [6.45, 7) is 8.04. The maximum atomic E-state index is 13.9. The molecule has 2 fully saturated rings. The summed E-state index contributed by atoms with van der Waals surface area (Å²) in [5, 5.41) is 5.62. The minimum Gasteiger partial charge on any atom is -0.445 e. The molecule has 248 valence electrons. The van der Waals surface area contributed by atoms with E-state index in [1.165, 1.54) is 9.80 Å². The number of ketones is 1. The number of nitrogens with one attached hydrogen (secondary N) is 2. The van der Waals surface area contributed by atoms with Gasteiger partial charge in [0.25, 0.3) is 5.91 Å². The zero-order chi connectivity index (χ0) is 33.5. The minimum atomic E-state index is -0.883. The molecule has 0 spiro atoms. The van der Waals surface area contributed by atoms with Crippen LogP contribution in [-0.2, 0) is 25.7 Å². The number of nitrogens with zero attached hydrogens (tertiary/aromatic N) is 3. The van der Waals surface area contributed by atoms with E-state index in [2.05, 4.69) is 10.6 Å². The number of hydrogen-bond donors (Lipinski definition) is 2. The monoisotopic (exact) mass is 633 g/mol. The second-order valence-corrected chi connectivity index (χ2v) is 13.3. The van der Waals surface area contributed by atoms with Gasteiger partial charge in [0.2, 0.25) is 11.8 Å². The Morgan fingerprint density at radius 3 is 2.02 bits per heavy atom. The predicted molar refractivity (Wildman–Crippen MR) is 175 cm³/mol. The van der Waals surface area contributed by atoms with Crippen LogP contribution >= 0.6 is 0 Å². The quantitative estimate of drug-likeness (QED) is 0.366. The third-order valence-electron chi connectivity index (χ3n) is 8.46. The number of hydrogen-bond acceptors (Lipinski definition) is 7. The molecular weight excluding hydrogens is 586 g/mol. The molecule has 4 amide bonds. The predicted octanol–water partition coefficient (Wildman–Crippen LogP) is 3.62. The van der Waals surface area contributed by atoms with Crippen LogP contribution in [0.2, 0.25) is 0 Å². The van der Waals surface area contributed by atoms with Crippen LogP contribution in [0.1, 0.15) is 62.9 Å². The molecule has 0 radical (unpaired) electrons. The number of alkyl carbamates (subject to hydrolysis) is 1. The van der Waals surface area contributed by atoms with Crippen LogP contribution in [-0.4, -0.2) is 90.8 Å². The fraction of sp³-hybridized carbons (Fsp3) is 0.514. The molecular formula is C35H47N5O6. The number of rotatable bonds is 12. The Morgan fingerprint density at radius 2 is 1.43 bits per heavy atom. The molecule has 0 aliphatic carbocycles. The highest BCUT2D eigenvalue weighted by Gasteiger charge is 2.53. The molecule has 11 nitrogen and oxygen atoms in total. The maximum absolute atomic E-state index is 13.9. The number of amides is 4. The number of carbonyl (C=O) groups is 5. The summed E-state index contributed by atoms with van der Waals surface area (Å²) in [6.07, 6.45) is 0.477. The van der Waals surface area contributed by atoms with E-state index in [1.807, 2.05) is 89.2 Å². The van der Waals surface area contributed by atoms with Crippen LogP contribution in [0.3, 0.4) is 0 Å². The van der Waals surface area contributed by atoms with Gasteiger partial charge in [-0.15, -0.1) is 0 Å². The Morgan fingerprint density at radius 1 is 0.848 bits per heavy atom. The average molecular weight is 634 g/mol. The Hall–Kier alpha value is -4.41. The largest absolute Gasteiger partial charge is 0.445 e. The summed E-state index contributed by atoms with van der Waals surface area (Å²) in [7, 11) is 3.83. The lowest BCUT2D eigenvalue weighted by atomic mass is 10.0. The number of ether oxygens (including phenoxy) is 1. The molecule has 2 heterocycles. The smallest absolute Gasteiger partial charge is 0.408 e. The average Bonchev–Trinajstić information content (AvgIpc) is 3.60. The summed E-state index contributed by atoms with van der Waals surface area (Å²) in [5.74, 6) is -1.11. The fourth-order valence-electron chi connectivity index (χ4n) is 6.20. The standard InChI is InChI=1S/C35H47N5O6/c1-22(2)18-27(36-32(42)25-12-14-26(15-13-25)38(5)6)33(43)39-17-16-29-31(39)30(41)20-40(29)34(44)28(19-23(3)4)37-35(45)46-21-24-10-8-7-9-11-24/h7-15,22-23,27-29,31H,16-21H2,1-6H3,(H,36,42)(H,37,45). The van der Waals surface area contributed by atoms with Crippen molar-refractivity contribution in [1.82, 2.24) is 20.4 Å². The molecule has 4 unspecified atom stereocenters. The molecule has 0 saturated carbocycles. The van der Waals surface area contributed by atoms with Crippen LogP contribution in [0.5, 0.6) is 0 Å². The highest BCUT2D eigenvalue weighted by molar-refractivity contribution is 6.01. The lowest BCUT2D eigenvalue weighted by Gasteiger charge is -2.30. The van der Waals surface area contributed by atoms with Crippen molar-refractivity contribution in [3.8, 4) is 0 Å². The number of likely N-dealkylation sites (tertiary alicyclic amines) is 2. The summed E-state index contributed by atoms with van der Waals surface area (Å²) in [6, 6.07) is 13.4. The summed E-state index contributed by atoms with van der Waals surface area (Å²) in [5.41, 5.74) is 2.21. The number of anilines is 1. The number of fused-ring (bicyclic) bond motifs is 1. The molecule has 2 aliphatic rings. The topological polar surface area (TPSA) is 128 Å². The van der Waals surface area contributed by atoms with Crippen LogP contribution in [0, 0.1) is 11.8 Å². The second-order valence-electron chi connectivity index (χ2n) is 13.3. The molecule has 4 atom stereocenters. The normalized spacial score (nSPS) is 18.7. The number of carbonyl (C=O) groups excluding carboxylic acids is 5. The van der Waals surface area contributed by atoms with Crippen molar-refractivity contribution in [3.63, 3.8) is 0 Å². The van der Waals surface area contributed by atoms with Crippen molar-refractivity contribution >= 4 is 35.3 Å². The molecule has 4 rings (SSSR count).